The van der Waals surface area contributed by atoms with Crippen LogP contribution in [0.5, 0.6) is 0 Å². The molecule has 1 aliphatic heterocycles. The van der Waals surface area contributed by atoms with Gasteiger partial charge in [-0.25, -0.2) is 4.79 Å². The summed E-state index contributed by atoms with van der Waals surface area (Å²) in [5, 5.41) is 3.16. The molecule has 1 N–H and O–H groups in total. The lowest BCUT2D eigenvalue weighted by Gasteiger charge is -2.44. The highest BCUT2D eigenvalue weighted by Crippen LogP contribution is 2.45. The predicted molar refractivity (Wildman–Crippen MR) is 86.5 cm³/mol. The Hall–Kier alpha value is -1.55. The molecule has 2 fully saturated rings. The first kappa shape index (κ1) is 15.3. The van der Waals surface area contributed by atoms with Crippen molar-refractivity contribution < 1.29 is 9.53 Å². The fourth-order valence-corrected chi connectivity index (χ4v) is 3.62. The highest BCUT2D eigenvalue weighted by molar-refractivity contribution is 5.69. The molecule has 2 unspecified atom stereocenters. The zero-order valence-corrected chi connectivity index (χ0v) is 13.8. The molecule has 1 aromatic carbocycles. The summed E-state index contributed by atoms with van der Waals surface area (Å²) in [4.78, 5) is 14.6. The average molecular weight is 302 g/mol. The van der Waals surface area contributed by atoms with Crippen molar-refractivity contribution in [2.24, 2.45) is 5.92 Å². The van der Waals surface area contributed by atoms with Gasteiger partial charge in [0.2, 0.25) is 0 Å². The molecule has 0 bridgehead atoms. The first-order chi connectivity index (χ1) is 10.4. The van der Waals surface area contributed by atoms with Crippen molar-refractivity contribution in [1.29, 1.82) is 0 Å². The summed E-state index contributed by atoms with van der Waals surface area (Å²) < 4.78 is 5.43. The summed E-state index contributed by atoms with van der Waals surface area (Å²) in [6.07, 6.45) is 1.97. The van der Waals surface area contributed by atoms with Crippen molar-refractivity contribution in [3.8, 4) is 0 Å². The molecule has 22 heavy (non-hydrogen) atoms. The summed E-state index contributed by atoms with van der Waals surface area (Å²) in [7, 11) is 0. The van der Waals surface area contributed by atoms with Crippen LogP contribution in [0.25, 0.3) is 0 Å². The third-order valence-corrected chi connectivity index (χ3v) is 4.70. The van der Waals surface area contributed by atoms with E-state index in [1.165, 1.54) is 12.0 Å². The van der Waals surface area contributed by atoms with Gasteiger partial charge in [-0.15, -0.1) is 0 Å². The van der Waals surface area contributed by atoms with E-state index in [1.807, 2.05) is 26.8 Å². The van der Waals surface area contributed by atoms with Gasteiger partial charge in [0.1, 0.15) is 5.60 Å². The Balaban J connectivity index is 1.60. The van der Waals surface area contributed by atoms with E-state index in [9.17, 15) is 4.79 Å². The highest BCUT2D eigenvalue weighted by Gasteiger charge is 2.54. The van der Waals surface area contributed by atoms with Gasteiger partial charge in [0.05, 0.1) is 5.54 Å². The SMILES string of the molecule is CC(C)(C)OC(=O)NC12CCC1CN(Cc1ccccc1)C2. The van der Waals surface area contributed by atoms with E-state index in [4.69, 9.17) is 4.74 Å². The lowest BCUT2D eigenvalue weighted by molar-refractivity contribution is 0.0330. The maximum Gasteiger partial charge on any atom is 0.408 e. The molecule has 1 amide bonds. The van der Waals surface area contributed by atoms with Crippen LogP contribution in [-0.2, 0) is 11.3 Å². The van der Waals surface area contributed by atoms with Gasteiger partial charge in [0.25, 0.3) is 0 Å². The maximum atomic E-state index is 12.1. The van der Waals surface area contributed by atoms with Crippen LogP contribution in [-0.4, -0.2) is 35.2 Å². The molecular formula is C18H26N2O2. The van der Waals surface area contributed by atoms with Crippen LogP contribution in [0, 0.1) is 5.92 Å². The highest BCUT2D eigenvalue weighted by atomic mass is 16.6. The molecule has 4 nitrogen and oxygen atoms in total. The number of nitrogens with zero attached hydrogens (tertiary/aromatic N) is 1. The second-order valence-corrected chi connectivity index (χ2v) is 7.67. The minimum absolute atomic E-state index is 0.0723. The van der Waals surface area contributed by atoms with Gasteiger partial charge < -0.3 is 10.1 Å². The summed E-state index contributed by atoms with van der Waals surface area (Å²) >= 11 is 0. The van der Waals surface area contributed by atoms with Crippen LogP contribution < -0.4 is 5.32 Å². The minimum Gasteiger partial charge on any atom is -0.444 e. The number of alkyl carbamates (subject to hydrolysis) is 1. The van der Waals surface area contributed by atoms with E-state index in [0.717, 1.165) is 26.1 Å². The first-order valence-corrected chi connectivity index (χ1v) is 8.14. The van der Waals surface area contributed by atoms with E-state index in [2.05, 4.69) is 34.5 Å². The number of ether oxygens (including phenoxy) is 1. The van der Waals surface area contributed by atoms with Gasteiger partial charge in [-0.05, 0) is 45.1 Å². The van der Waals surface area contributed by atoms with Crippen LogP contribution in [0.4, 0.5) is 4.79 Å². The van der Waals surface area contributed by atoms with Crippen LogP contribution in [0.1, 0.15) is 39.2 Å². The van der Waals surface area contributed by atoms with Crippen LogP contribution in [0.15, 0.2) is 30.3 Å². The number of rotatable bonds is 3. The Kier molecular flexibility index (Phi) is 3.89. The molecule has 4 heteroatoms. The van der Waals surface area contributed by atoms with E-state index < -0.39 is 5.60 Å². The van der Waals surface area contributed by atoms with Crippen molar-refractivity contribution in [1.82, 2.24) is 10.2 Å². The fourth-order valence-electron chi connectivity index (χ4n) is 3.62. The Morgan fingerprint density at radius 2 is 2.09 bits per heavy atom. The molecule has 0 radical (unpaired) electrons. The largest absolute Gasteiger partial charge is 0.444 e. The summed E-state index contributed by atoms with van der Waals surface area (Å²) in [5.41, 5.74) is 0.815. The molecule has 1 saturated carbocycles. The smallest absolute Gasteiger partial charge is 0.408 e. The zero-order chi connectivity index (χ0) is 15.8. The van der Waals surface area contributed by atoms with Crippen LogP contribution in [0.2, 0.25) is 0 Å². The number of fused-ring (bicyclic) bond motifs is 1. The summed E-state index contributed by atoms with van der Waals surface area (Å²) in [5.74, 6) is 0.559. The number of likely N-dealkylation sites (tertiary alicyclic amines) is 1. The molecule has 1 heterocycles. The Morgan fingerprint density at radius 1 is 1.36 bits per heavy atom. The second-order valence-electron chi connectivity index (χ2n) is 7.67. The number of carbonyl (C=O) groups excluding carboxylic acids is 1. The molecule has 0 aromatic heterocycles. The lowest BCUT2D eigenvalue weighted by Crippen LogP contribution is -2.60. The zero-order valence-electron chi connectivity index (χ0n) is 13.8. The number of amides is 1. The van der Waals surface area contributed by atoms with Crippen molar-refractivity contribution >= 4 is 6.09 Å². The topological polar surface area (TPSA) is 41.6 Å². The van der Waals surface area contributed by atoms with Gasteiger partial charge in [0, 0.05) is 19.6 Å². The predicted octanol–water partition coefficient (Wildman–Crippen LogP) is 3.18. The van der Waals surface area contributed by atoms with Crippen molar-refractivity contribution in [2.45, 2.75) is 51.3 Å². The second kappa shape index (κ2) is 5.58. The van der Waals surface area contributed by atoms with E-state index in [-0.39, 0.29) is 11.6 Å². The van der Waals surface area contributed by atoms with E-state index in [1.54, 1.807) is 0 Å². The molecule has 1 aromatic rings. The fraction of sp³-hybridized carbons (Fsp3) is 0.611. The number of hydrogen-bond acceptors (Lipinski definition) is 3. The number of carbonyl (C=O) groups is 1. The molecule has 3 rings (SSSR count). The van der Waals surface area contributed by atoms with E-state index in [0.29, 0.717) is 5.92 Å². The summed E-state index contributed by atoms with van der Waals surface area (Å²) in [6, 6.07) is 10.5. The Bertz CT molecular complexity index is 538. The van der Waals surface area contributed by atoms with Crippen molar-refractivity contribution in [3.05, 3.63) is 35.9 Å². The van der Waals surface area contributed by atoms with Crippen molar-refractivity contribution in [2.75, 3.05) is 13.1 Å². The van der Waals surface area contributed by atoms with Gasteiger partial charge >= 0.3 is 6.09 Å². The number of hydrogen-bond donors (Lipinski definition) is 1. The Labute approximate surface area is 132 Å². The molecule has 120 valence electrons. The van der Waals surface area contributed by atoms with Gasteiger partial charge in [-0.2, -0.15) is 0 Å². The van der Waals surface area contributed by atoms with Crippen LogP contribution in [0.3, 0.4) is 0 Å². The van der Waals surface area contributed by atoms with Gasteiger partial charge in [0.15, 0.2) is 0 Å². The third-order valence-electron chi connectivity index (χ3n) is 4.70. The standard InChI is InChI=1S/C18H26N2O2/c1-17(2,3)22-16(21)19-18-10-9-15(18)12-20(13-18)11-14-7-5-4-6-8-14/h4-8,15H,9-13H2,1-3H3,(H,19,21). The van der Waals surface area contributed by atoms with Crippen LogP contribution >= 0.6 is 0 Å². The maximum absolute atomic E-state index is 12.1. The van der Waals surface area contributed by atoms with Gasteiger partial charge in [-0.1, -0.05) is 30.3 Å². The lowest BCUT2D eigenvalue weighted by atomic mass is 9.69. The monoisotopic (exact) mass is 302 g/mol. The Morgan fingerprint density at radius 3 is 2.68 bits per heavy atom. The normalized spacial score (nSPS) is 27.9. The third kappa shape index (κ3) is 3.27. The quantitative estimate of drug-likeness (QED) is 0.932. The van der Waals surface area contributed by atoms with Gasteiger partial charge in [-0.3, -0.25) is 4.90 Å². The molecule has 2 aliphatic rings. The number of nitrogens with one attached hydrogen (secondary N) is 1. The first-order valence-electron chi connectivity index (χ1n) is 8.14. The van der Waals surface area contributed by atoms with E-state index >= 15 is 0 Å². The molecule has 0 spiro atoms. The number of benzene rings is 1. The molecule has 1 saturated heterocycles. The minimum atomic E-state index is -0.442. The molecular weight excluding hydrogens is 276 g/mol. The average Bonchev–Trinajstić information content (AvgIpc) is 2.62. The molecule has 1 aliphatic carbocycles. The molecule has 2 atom stereocenters. The summed E-state index contributed by atoms with van der Waals surface area (Å²) in [6.45, 7) is 8.64. The van der Waals surface area contributed by atoms with Crippen molar-refractivity contribution in [3.63, 3.8) is 0 Å².